The van der Waals surface area contributed by atoms with Gasteiger partial charge in [0.2, 0.25) is 11.8 Å². The lowest BCUT2D eigenvalue weighted by Crippen LogP contribution is -2.71. The number of hydrogen-bond donors (Lipinski definition) is 1. The Morgan fingerprint density at radius 3 is 2.48 bits per heavy atom. The molecular weight excluding hydrogens is 264 g/mol. The van der Waals surface area contributed by atoms with Gasteiger partial charge >= 0.3 is 0 Å². The predicted molar refractivity (Wildman–Crippen MR) is 81.6 cm³/mol. The molecule has 3 unspecified atom stereocenters. The van der Waals surface area contributed by atoms with Gasteiger partial charge in [0.05, 0.1) is 0 Å². The van der Waals surface area contributed by atoms with Crippen molar-refractivity contribution in [3.8, 4) is 0 Å². The summed E-state index contributed by atoms with van der Waals surface area (Å²) >= 11 is 0. The van der Waals surface area contributed by atoms with Crippen molar-refractivity contribution in [1.29, 1.82) is 0 Å². The molecular formula is C17H28N2O2. The Kier molecular flexibility index (Phi) is 3.74. The van der Waals surface area contributed by atoms with Crippen molar-refractivity contribution in [3.63, 3.8) is 0 Å². The quantitative estimate of drug-likeness (QED) is 0.817. The molecule has 1 aliphatic heterocycles. The topological polar surface area (TPSA) is 49.4 Å². The molecule has 3 fully saturated rings. The van der Waals surface area contributed by atoms with E-state index < -0.39 is 5.54 Å². The highest BCUT2D eigenvalue weighted by Gasteiger charge is 2.57. The van der Waals surface area contributed by atoms with Crippen LogP contribution >= 0.6 is 0 Å². The Labute approximate surface area is 127 Å². The van der Waals surface area contributed by atoms with Crippen molar-refractivity contribution in [1.82, 2.24) is 10.2 Å². The zero-order chi connectivity index (χ0) is 15.2. The fourth-order valence-electron chi connectivity index (χ4n) is 3.88. The molecule has 0 aromatic rings. The third-order valence-electron chi connectivity index (χ3n) is 5.44. The first-order valence-corrected chi connectivity index (χ1v) is 8.60. The van der Waals surface area contributed by atoms with Crippen molar-refractivity contribution in [2.75, 3.05) is 6.54 Å². The highest BCUT2D eigenvalue weighted by molar-refractivity contribution is 6.00. The van der Waals surface area contributed by atoms with Crippen LogP contribution in [0.3, 0.4) is 0 Å². The molecule has 118 valence electrons. The van der Waals surface area contributed by atoms with Gasteiger partial charge < -0.3 is 10.2 Å². The van der Waals surface area contributed by atoms with Crippen LogP contribution in [-0.4, -0.2) is 34.8 Å². The maximum atomic E-state index is 13.1. The fraction of sp³-hybridized carbons (Fsp3) is 0.882. The van der Waals surface area contributed by atoms with Crippen molar-refractivity contribution in [3.05, 3.63) is 0 Å². The smallest absolute Gasteiger partial charge is 0.249 e. The fourth-order valence-corrected chi connectivity index (χ4v) is 3.88. The van der Waals surface area contributed by atoms with Gasteiger partial charge in [-0.25, -0.2) is 0 Å². The third kappa shape index (κ3) is 2.69. The summed E-state index contributed by atoms with van der Waals surface area (Å²) in [7, 11) is 0. The lowest BCUT2D eigenvalue weighted by atomic mass is 9.87. The van der Waals surface area contributed by atoms with E-state index in [1.807, 2.05) is 11.8 Å². The van der Waals surface area contributed by atoms with Gasteiger partial charge in [-0.1, -0.05) is 20.3 Å². The number of rotatable bonds is 6. The van der Waals surface area contributed by atoms with Gasteiger partial charge in [-0.05, 0) is 56.8 Å². The normalized spacial score (nSPS) is 34.8. The molecule has 4 heteroatoms. The first-order valence-electron chi connectivity index (χ1n) is 8.60. The van der Waals surface area contributed by atoms with Crippen LogP contribution in [0.15, 0.2) is 0 Å². The molecule has 1 heterocycles. The Hall–Kier alpha value is -1.06. The molecule has 21 heavy (non-hydrogen) atoms. The second-order valence-corrected chi connectivity index (χ2v) is 7.60. The van der Waals surface area contributed by atoms with Crippen molar-refractivity contribution >= 4 is 11.8 Å². The summed E-state index contributed by atoms with van der Waals surface area (Å²) in [5, 5.41) is 3.08. The van der Waals surface area contributed by atoms with E-state index in [9.17, 15) is 9.59 Å². The van der Waals surface area contributed by atoms with E-state index in [4.69, 9.17) is 0 Å². The third-order valence-corrected chi connectivity index (χ3v) is 5.44. The van der Waals surface area contributed by atoms with E-state index >= 15 is 0 Å². The highest BCUT2D eigenvalue weighted by atomic mass is 16.2. The van der Waals surface area contributed by atoms with E-state index in [2.05, 4.69) is 19.2 Å². The molecule has 3 atom stereocenters. The zero-order valence-corrected chi connectivity index (χ0v) is 13.5. The van der Waals surface area contributed by atoms with E-state index in [1.54, 1.807) is 0 Å². The number of amides is 2. The molecule has 1 saturated heterocycles. The molecule has 2 saturated carbocycles. The van der Waals surface area contributed by atoms with Crippen LogP contribution in [0.25, 0.3) is 0 Å². The molecule has 0 bridgehead atoms. The van der Waals surface area contributed by atoms with Crippen LogP contribution in [0.4, 0.5) is 0 Å². The summed E-state index contributed by atoms with van der Waals surface area (Å²) in [4.78, 5) is 27.6. The summed E-state index contributed by atoms with van der Waals surface area (Å²) in [5.41, 5.74) is -0.644. The standard InChI is InChI=1S/C17H28N2O2/c1-4-5-11(2)10-19-14(12-6-7-12)15(20)18-17(3,16(19)21)13-8-9-13/h11-14H,4-10H2,1-3H3,(H,18,20). The van der Waals surface area contributed by atoms with Gasteiger partial charge in [0, 0.05) is 6.54 Å². The average molecular weight is 292 g/mol. The summed E-state index contributed by atoms with van der Waals surface area (Å²) in [5.74, 6) is 1.47. The monoisotopic (exact) mass is 292 g/mol. The predicted octanol–water partition coefficient (Wildman–Crippen LogP) is 2.33. The molecule has 0 aromatic carbocycles. The second-order valence-electron chi connectivity index (χ2n) is 7.60. The number of piperazine rings is 1. The lowest BCUT2D eigenvalue weighted by Gasteiger charge is -2.45. The maximum Gasteiger partial charge on any atom is 0.249 e. The minimum atomic E-state index is -0.644. The zero-order valence-electron chi connectivity index (χ0n) is 13.5. The largest absolute Gasteiger partial charge is 0.340 e. The maximum absolute atomic E-state index is 13.1. The number of carbonyl (C=O) groups excluding carboxylic acids is 2. The van der Waals surface area contributed by atoms with Crippen LogP contribution in [0.5, 0.6) is 0 Å². The van der Waals surface area contributed by atoms with E-state index in [-0.39, 0.29) is 17.9 Å². The average Bonchev–Trinajstić information content (AvgIpc) is 3.27. The van der Waals surface area contributed by atoms with E-state index in [0.29, 0.717) is 17.8 Å². The molecule has 0 radical (unpaired) electrons. The van der Waals surface area contributed by atoms with Gasteiger partial charge in [-0.15, -0.1) is 0 Å². The first-order chi connectivity index (χ1) is 9.97. The van der Waals surface area contributed by atoms with Gasteiger partial charge in [0.15, 0.2) is 0 Å². The minimum absolute atomic E-state index is 0.0928. The van der Waals surface area contributed by atoms with Gasteiger partial charge in [0.25, 0.3) is 0 Å². The van der Waals surface area contributed by atoms with E-state index in [0.717, 1.165) is 45.1 Å². The minimum Gasteiger partial charge on any atom is -0.340 e. The van der Waals surface area contributed by atoms with Gasteiger partial charge in [0.1, 0.15) is 11.6 Å². The van der Waals surface area contributed by atoms with Crippen LogP contribution in [0.1, 0.15) is 59.3 Å². The Bertz CT molecular complexity index is 442. The van der Waals surface area contributed by atoms with Crippen LogP contribution < -0.4 is 5.32 Å². The first kappa shape index (κ1) is 14.9. The molecule has 3 rings (SSSR count). The Morgan fingerprint density at radius 2 is 1.95 bits per heavy atom. The van der Waals surface area contributed by atoms with Gasteiger partial charge in [-0.2, -0.15) is 0 Å². The molecule has 4 nitrogen and oxygen atoms in total. The van der Waals surface area contributed by atoms with Crippen molar-refractivity contribution in [2.24, 2.45) is 17.8 Å². The molecule has 3 aliphatic rings. The molecule has 2 amide bonds. The van der Waals surface area contributed by atoms with Crippen LogP contribution in [0, 0.1) is 17.8 Å². The summed E-state index contributed by atoms with van der Waals surface area (Å²) < 4.78 is 0. The SMILES string of the molecule is CCCC(C)CN1C(=O)C(C)(C2CC2)NC(=O)C1C1CC1. The Balaban J connectivity index is 1.82. The molecule has 0 aromatic heterocycles. The van der Waals surface area contributed by atoms with Crippen molar-refractivity contribution in [2.45, 2.75) is 70.9 Å². The number of hydrogen-bond acceptors (Lipinski definition) is 2. The number of nitrogens with one attached hydrogen (secondary N) is 1. The van der Waals surface area contributed by atoms with Gasteiger partial charge in [-0.3, -0.25) is 9.59 Å². The number of carbonyl (C=O) groups is 2. The highest BCUT2D eigenvalue weighted by Crippen LogP contribution is 2.45. The number of nitrogens with zero attached hydrogens (tertiary/aromatic N) is 1. The molecule has 2 aliphatic carbocycles. The Morgan fingerprint density at radius 1 is 1.29 bits per heavy atom. The van der Waals surface area contributed by atoms with Crippen LogP contribution in [0.2, 0.25) is 0 Å². The van der Waals surface area contributed by atoms with Crippen LogP contribution in [-0.2, 0) is 9.59 Å². The van der Waals surface area contributed by atoms with Crippen molar-refractivity contribution < 1.29 is 9.59 Å². The summed E-state index contributed by atoms with van der Waals surface area (Å²) in [6.45, 7) is 7.05. The van der Waals surface area contributed by atoms with E-state index in [1.165, 1.54) is 0 Å². The molecule has 1 N–H and O–H groups in total. The summed E-state index contributed by atoms with van der Waals surface area (Å²) in [6, 6.07) is -0.205. The summed E-state index contributed by atoms with van der Waals surface area (Å²) in [6.07, 6.45) is 6.55. The molecule has 0 spiro atoms. The second kappa shape index (κ2) is 5.29. The lowest BCUT2D eigenvalue weighted by molar-refractivity contribution is -0.157.